The van der Waals surface area contributed by atoms with E-state index in [0.29, 0.717) is 42.9 Å². The molecule has 1 aliphatic heterocycles. The minimum absolute atomic E-state index is 0.0231. The molecule has 0 saturated carbocycles. The molecule has 7 nitrogen and oxygen atoms in total. The summed E-state index contributed by atoms with van der Waals surface area (Å²) in [6, 6.07) is 24.6. The van der Waals surface area contributed by atoms with Crippen LogP contribution < -0.4 is 9.64 Å². The number of ketones is 1. The summed E-state index contributed by atoms with van der Waals surface area (Å²) in [7, 11) is 0. The number of thiophene rings is 1. The zero-order chi connectivity index (χ0) is 29.9. The largest absolute Gasteiger partial charge is 0.503 e. The van der Waals surface area contributed by atoms with Gasteiger partial charge in [0.2, 0.25) is 10.9 Å². The lowest BCUT2D eigenvalue weighted by molar-refractivity contribution is -0.117. The minimum Gasteiger partial charge on any atom is -0.503 e. The van der Waals surface area contributed by atoms with Crippen molar-refractivity contribution in [3.63, 3.8) is 0 Å². The van der Waals surface area contributed by atoms with Crippen LogP contribution in [0.15, 0.2) is 106 Å². The highest BCUT2D eigenvalue weighted by Gasteiger charge is 2.46. The molecule has 216 valence electrons. The molecule has 2 aromatic heterocycles. The first-order valence-corrected chi connectivity index (χ1v) is 16.3. The van der Waals surface area contributed by atoms with E-state index in [4.69, 9.17) is 27.9 Å². The smallest absolute Gasteiger partial charge is 0.296 e. The van der Waals surface area contributed by atoms with Gasteiger partial charge in [-0.15, -0.1) is 21.5 Å². The molecule has 12 heteroatoms. The molecule has 0 fully saturated rings. The molecule has 0 bridgehead atoms. The van der Waals surface area contributed by atoms with Crippen molar-refractivity contribution in [2.24, 2.45) is 0 Å². The molecule has 1 amide bonds. The van der Waals surface area contributed by atoms with Crippen molar-refractivity contribution in [1.29, 1.82) is 0 Å². The summed E-state index contributed by atoms with van der Waals surface area (Å²) >= 11 is 16.2. The Labute approximate surface area is 269 Å². The number of hydrogen-bond donors (Lipinski definition) is 1. The highest BCUT2D eigenvalue weighted by Crippen LogP contribution is 2.45. The number of anilines is 1. The first-order valence-electron chi connectivity index (χ1n) is 12.9. The van der Waals surface area contributed by atoms with E-state index in [1.807, 2.05) is 36.4 Å². The molecule has 0 saturated heterocycles. The van der Waals surface area contributed by atoms with Crippen molar-refractivity contribution in [1.82, 2.24) is 10.2 Å². The van der Waals surface area contributed by atoms with Gasteiger partial charge in [-0.3, -0.25) is 14.5 Å². The zero-order valence-electron chi connectivity index (χ0n) is 22.1. The van der Waals surface area contributed by atoms with Crippen molar-refractivity contribution < 1.29 is 19.4 Å². The molecule has 6 rings (SSSR count). The summed E-state index contributed by atoms with van der Waals surface area (Å²) < 4.78 is 6.63. The molecule has 0 aliphatic carbocycles. The molecule has 5 aromatic rings. The van der Waals surface area contributed by atoms with Gasteiger partial charge in [0.05, 0.1) is 16.5 Å². The van der Waals surface area contributed by atoms with Crippen LogP contribution in [0, 0.1) is 0 Å². The average Bonchev–Trinajstić information content (AvgIpc) is 3.77. The predicted molar refractivity (Wildman–Crippen MR) is 172 cm³/mol. The van der Waals surface area contributed by atoms with Gasteiger partial charge in [0.25, 0.3) is 5.91 Å². The number of rotatable bonds is 10. The van der Waals surface area contributed by atoms with E-state index in [1.165, 1.54) is 39.3 Å². The number of carbonyl (C=O) groups is 2. The van der Waals surface area contributed by atoms with Crippen LogP contribution in [0.5, 0.6) is 5.75 Å². The maximum Gasteiger partial charge on any atom is 0.296 e. The van der Waals surface area contributed by atoms with Gasteiger partial charge in [0.15, 0.2) is 10.1 Å². The second-order valence-electron chi connectivity index (χ2n) is 9.37. The van der Waals surface area contributed by atoms with Crippen LogP contribution in [0.2, 0.25) is 10.0 Å². The van der Waals surface area contributed by atoms with Crippen molar-refractivity contribution in [3.05, 3.63) is 133 Å². The zero-order valence-corrected chi connectivity index (χ0v) is 26.1. The number of carbonyl (C=O) groups excluding carboxylic acids is 2. The van der Waals surface area contributed by atoms with Crippen LogP contribution in [-0.2, 0) is 17.2 Å². The number of amides is 1. The third-order valence-electron chi connectivity index (χ3n) is 6.59. The summed E-state index contributed by atoms with van der Waals surface area (Å²) in [6.45, 7) is 0.342. The van der Waals surface area contributed by atoms with E-state index in [9.17, 15) is 14.7 Å². The fourth-order valence-electron chi connectivity index (χ4n) is 4.54. The number of thioether (sulfide) groups is 1. The topological polar surface area (TPSA) is 92.6 Å². The summed E-state index contributed by atoms with van der Waals surface area (Å²) in [5.74, 6) is -0.712. The number of Topliss-reactive ketones (excluding diaryl/α,β-unsaturated/α-hetero) is 1. The lowest BCUT2D eigenvalue weighted by Crippen LogP contribution is -2.31. The summed E-state index contributed by atoms with van der Waals surface area (Å²) in [5, 5.41) is 22.8. The van der Waals surface area contributed by atoms with Gasteiger partial charge in [-0.25, -0.2) is 0 Å². The van der Waals surface area contributed by atoms with Gasteiger partial charge in [0.1, 0.15) is 12.4 Å². The van der Waals surface area contributed by atoms with Crippen molar-refractivity contribution >= 4 is 74.5 Å². The summed E-state index contributed by atoms with van der Waals surface area (Å²) in [5.41, 5.74) is 2.43. The minimum atomic E-state index is -0.945. The van der Waals surface area contributed by atoms with Crippen molar-refractivity contribution in [2.75, 3.05) is 4.90 Å². The SMILES string of the molecule is O=C(C1=C(O)C(=O)N(c2nnc(SCc3ccc(Cl)cc3Cl)s2)C1c1cccc(OCc2ccccc2)c1)c1cccs1. The number of hydrogen-bond acceptors (Lipinski definition) is 9. The third kappa shape index (κ3) is 6.34. The van der Waals surface area contributed by atoms with Crippen molar-refractivity contribution in [3.8, 4) is 5.75 Å². The summed E-state index contributed by atoms with van der Waals surface area (Å²) in [4.78, 5) is 29.0. The van der Waals surface area contributed by atoms with Crippen LogP contribution >= 0.6 is 57.6 Å². The van der Waals surface area contributed by atoms with Gasteiger partial charge in [-0.1, -0.05) is 101 Å². The number of aromatic nitrogens is 2. The van der Waals surface area contributed by atoms with Gasteiger partial charge >= 0.3 is 0 Å². The Morgan fingerprint density at radius 1 is 1.00 bits per heavy atom. The van der Waals surface area contributed by atoms with Crippen molar-refractivity contribution in [2.45, 2.75) is 22.7 Å². The highest BCUT2D eigenvalue weighted by molar-refractivity contribution is 8.00. The molecule has 1 aliphatic rings. The molecular weight excluding hydrogens is 645 g/mol. The van der Waals surface area contributed by atoms with E-state index >= 15 is 0 Å². The number of ether oxygens (including phenoxy) is 1. The fraction of sp³-hybridized carbons (Fsp3) is 0.0968. The molecule has 1 unspecified atom stereocenters. The molecule has 3 aromatic carbocycles. The normalized spacial score (nSPS) is 14.9. The maximum absolute atomic E-state index is 13.7. The maximum atomic E-state index is 13.7. The number of aliphatic hydroxyl groups is 1. The van der Waals surface area contributed by atoms with Gasteiger partial charge in [-0.2, -0.15) is 0 Å². The average molecular weight is 667 g/mol. The molecule has 43 heavy (non-hydrogen) atoms. The second-order valence-corrected chi connectivity index (χ2v) is 13.3. The Morgan fingerprint density at radius 3 is 2.60 bits per heavy atom. The number of aliphatic hydroxyl groups excluding tert-OH is 1. The second kappa shape index (κ2) is 12.9. The Balaban J connectivity index is 1.32. The van der Waals surface area contributed by atoms with Crippen LogP contribution in [0.1, 0.15) is 32.4 Å². The van der Waals surface area contributed by atoms with Crippen LogP contribution in [0.4, 0.5) is 5.13 Å². The van der Waals surface area contributed by atoms with Gasteiger partial charge < -0.3 is 9.84 Å². The molecule has 1 N–H and O–H groups in total. The van der Waals surface area contributed by atoms with Gasteiger partial charge in [0, 0.05) is 15.8 Å². The number of halogens is 2. The highest BCUT2D eigenvalue weighted by atomic mass is 35.5. The van der Waals surface area contributed by atoms with E-state index in [-0.39, 0.29) is 10.7 Å². The lowest BCUT2D eigenvalue weighted by atomic mass is 9.95. The quantitative estimate of drug-likeness (QED) is 0.0907. The van der Waals surface area contributed by atoms with Crippen LogP contribution in [0.3, 0.4) is 0 Å². The molecule has 1 atom stereocenters. The van der Waals surface area contributed by atoms with E-state index in [0.717, 1.165) is 11.1 Å². The monoisotopic (exact) mass is 665 g/mol. The van der Waals surface area contributed by atoms with E-state index < -0.39 is 23.5 Å². The van der Waals surface area contributed by atoms with E-state index in [2.05, 4.69) is 10.2 Å². The van der Waals surface area contributed by atoms with Crippen LogP contribution in [0.25, 0.3) is 0 Å². The molecular formula is C31H21Cl2N3O4S3. The Bertz CT molecular complexity index is 1830. The summed E-state index contributed by atoms with van der Waals surface area (Å²) in [6.07, 6.45) is 0. The molecule has 0 spiro atoms. The first kappa shape index (κ1) is 29.4. The number of nitrogens with zero attached hydrogens (tertiary/aromatic N) is 3. The molecule has 0 radical (unpaired) electrons. The Hall–Kier alpha value is -3.67. The van der Waals surface area contributed by atoms with Gasteiger partial charge in [-0.05, 0) is 52.4 Å². The Kier molecular flexibility index (Phi) is 8.83. The van der Waals surface area contributed by atoms with Crippen LogP contribution in [-0.4, -0.2) is 27.0 Å². The first-order chi connectivity index (χ1) is 20.9. The van der Waals surface area contributed by atoms with E-state index in [1.54, 1.807) is 53.9 Å². The standard InChI is InChI=1S/C31H21Cl2N3O4S3/c32-21-12-11-20(23(33)15-21)17-42-31-35-34-30(43-31)36-26(25(28(38)29(36)39)27(37)24-10-5-13-41-24)19-8-4-9-22(14-19)40-16-18-6-2-1-3-7-18/h1-15,26,38H,16-17H2. The predicted octanol–water partition coefficient (Wildman–Crippen LogP) is 8.56. The third-order valence-corrected chi connectivity index (χ3v) is 10.1. The number of benzene rings is 3. The molecule has 3 heterocycles. The lowest BCUT2D eigenvalue weighted by Gasteiger charge is -2.24. The fourth-order valence-corrected chi connectivity index (χ4v) is 7.65. The Morgan fingerprint density at radius 2 is 1.84 bits per heavy atom.